The van der Waals surface area contributed by atoms with Crippen LogP contribution in [0.25, 0.3) is 0 Å². The van der Waals surface area contributed by atoms with Crippen LogP contribution in [-0.4, -0.2) is 48.6 Å². The van der Waals surface area contributed by atoms with Crippen molar-refractivity contribution < 1.29 is 29.3 Å². The predicted molar refractivity (Wildman–Crippen MR) is 132 cm³/mol. The van der Waals surface area contributed by atoms with Crippen molar-refractivity contribution in [2.24, 2.45) is 0 Å². The summed E-state index contributed by atoms with van der Waals surface area (Å²) in [7, 11) is 0. The number of aliphatic hydroxyl groups is 2. The van der Waals surface area contributed by atoms with Crippen LogP contribution >= 0.6 is 0 Å². The number of hydrogen-bond acceptors (Lipinski definition) is 6. The first kappa shape index (κ1) is 46.9. The van der Waals surface area contributed by atoms with Crippen LogP contribution in [0.1, 0.15) is 122 Å². The first-order valence-electron chi connectivity index (χ1n) is 9.23. The number of ether oxygens (including phenoxy) is 2. The van der Waals surface area contributed by atoms with E-state index in [0.717, 1.165) is 64.2 Å². The fraction of sp³-hybridized carbons (Fsp3) is 0.917. The zero-order valence-electron chi connectivity index (χ0n) is 14.8. The molecule has 0 fully saturated rings. The quantitative estimate of drug-likeness (QED) is 0.196. The molecule has 0 amide bonds. The van der Waals surface area contributed by atoms with Gasteiger partial charge in [0.2, 0.25) is 0 Å². The number of hydrogen-bond donors (Lipinski definition) is 2. The van der Waals surface area contributed by atoms with Crippen LogP contribution < -0.4 is 0 Å². The number of aliphatic hydroxyl groups excluding tert-OH is 2. The van der Waals surface area contributed by atoms with E-state index in [1.54, 1.807) is 0 Å². The summed E-state index contributed by atoms with van der Waals surface area (Å²) in [6, 6.07) is 0. The number of carbonyl (C=O) groups excluding carboxylic acids is 2. The molecule has 0 saturated heterocycles. The molecule has 0 spiro atoms. The number of carbonyl (C=O) groups is 2. The molecule has 6 nitrogen and oxygen atoms in total. The Morgan fingerprint density at radius 2 is 0.767 bits per heavy atom. The van der Waals surface area contributed by atoms with Crippen LogP contribution in [0.2, 0.25) is 0 Å². The minimum Gasteiger partial charge on any atom is -0.466 e. The summed E-state index contributed by atoms with van der Waals surface area (Å²) >= 11 is 0. The second-order valence-electron chi connectivity index (χ2n) is 5.92. The topological polar surface area (TPSA) is 93.1 Å². The van der Waals surface area contributed by atoms with E-state index in [2.05, 4.69) is 0 Å². The van der Waals surface area contributed by atoms with Crippen molar-refractivity contribution in [2.75, 3.05) is 26.4 Å². The van der Waals surface area contributed by atoms with Crippen LogP contribution in [0, 0.1) is 0 Å². The van der Waals surface area contributed by atoms with Gasteiger partial charge in [0.1, 0.15) is 0 Å². The maximum Gasteiger partial charge on any atom is 0.305 e. The van der Waals surface area contributed by atoms with E-state index in [4.69, 9.17) is 19.7 Å². The van der Waals surface area contributed by atoms with Crippen molar-refractivity contribution in [2.45, 2.75) is 122 Å². The molecular formula is C24H58O6. The van der Waals surface area contributed by atoms with Gasteiger partial charge in [0.25, 0.3) is 0 Å². The highest BCUT2D eigenvalue weighted by molar-refractivity contribution is 5.69. The van der Waals surface area contributed by atoms with Crippen molar-refractivity contribution in [3.8, 4) is 0 Å². The first-order valence-corrected chi connectivity index (χ1v) is 9.23. The van der Waals surface area contributed by atoms with E-state index in [9.17, 15) is 9.59 Å². The summed E-state index contributed by atoms with van der Waals surface area (Å²) in [4.78, 5) is 22.8. The van der Waals surface area contributed by atoms with Gasteiger partial charge in [0, 0.05) is 26.1 Å². The third-order valence-electron chi connectivity index (χ3n) is 3.64. The lowest BCUT2D eigenvalue weighted by atomic mass is 10.2. The minimum absolute atomic E-state index is 0. The Hall–Kier alpha value is -1.14. The summed E-state index contributed by atoms with van der Waals surface area (Å²) < 4.78 is 10.3. The highest BCUT2D eigenvalue weighted by atomic mass is 16.5. The van der Waals surface area contributed by atoms with Gasteiger partial charge in [-0.25, -0.2) is 0 Å². The number of unbranched alkanes of at least 4 members (excludes halogenated alkanes) is 7. The van der Waals surface area contributed by atoms with E-state index in [1.807, 2.05) is 0 Å². The van der Waals surface area contributed by atoms with Gasteiger partial charge >= 0.3 is 11.9 Å². The van der Waals surface area contributed by atoms with E-state index in [-0.39, 0.29) is 69.7 Å². The molecule has 2 N–H and O–H groups in total. The highest BCUT2D eigenvalue weighted by Gasteiger charge is 2.03. The maximum atomic E-state index is 11.4. The smallest absolute Gasteiger partial charge is 0.305 e. The Balaban J connectivity index is -0.000000176. The Labute approximate surface area is 189 Å². The lowest BCUT2D eigenvalue weighted by Gasteiger charge is -2.06. The molecule has 6 heteroatoms. The molecule has 0 aromatic heterocycles. The SMILES string of the molecule is C.C.C.C.C.C.O=C(CCCCCO)OCCCCCCOC(=O)CCCCCO. The maximum absolute atomic E-state index is 11.4. The second-order valence-corrected chi connectivity index (χ2v) is 5.92. The van der Waals surface area contributed by atoms with Gasteiger partial charge in [0.05, 0.1) is 13.2 Å². The fourth-order valence-electron chi connectivity index (χ4n) is 2.19. The van der Waals surface area contributed by atoms with Crippen molar-refractivity contribution in [1.82, 2.24) is 0 Å². The molecular weight excluding hydrogens is 384 g/mol. The third-order valence-corrected chi connectivity index (χ3v) is 3.64. The molecule has 0 saturated carbocycles. The van der Waals surface area contributed by atoms with E-state index >= 15 is 0 Å². The molecule has 0 bridgehead atoms. The van der Waals surface area contributed by atoms with E-state index < -0.39 is 0 Å². The molecule has 0 radical (unpaired) electrons. The lowest BCUT2D eigenvalue weighted by molar-refractivity contribution is -0.145. The van der Waals surface area contributed by atoms with Crippen LogP contribution in [0.15, 0.2) is 0 Å². The van der Waals surface area contributed by atoms with Gasteiger partial charge in [-0.3, -0.25) is 9.59 Å². The zero-order chi connectivity index (χ0) is 17.9. The molecule has 0 rings (SSSR count). The molecule has 0 aliphatic rings. The molecule has 0 aromatic carbocycles. The van der Waals surface area contributed by atoms with Crippen LogP contribution in [0.4, 0.5) is 0 Å². The molecule has 190 valence electrons. The summed E-state index contributed by atoms with van der Waals surface area (Å²) in [5, 5.41) is 17.3. The lowest BCUT2D eigenvalue weighted by Crippen LogP contribution is -2.07. The zero-order valence-corrected chi connectivity index (χ0v) is 14.8. The Morgan fingerprint density at radius 1 is 0.467 bits per heavy atom. The Morgan fingerprint density at radius 3 is 1.07 bits per heavy atom. The van der Waals surface area contributed by atoms with Crippen LogP contribution in [-0.2, 0) is 19.1 Å². The molecule has 0 aliphatic carbocycles. The monoisotopic (exact) mass is 442 g/mol. The van der Waals surface area contributed by atoms with Crippen molar-refractivity contribution in [3.05, 3.63) is 0 Å². The van der Waals surface area contributed by atoms with Gasteiger partial charge in [-0.15, -0.1) is 0 Å². The van der Waals surface area contributed by atoms with Crippen LogP contribution in [0.3, 0.4) is 0 Å². The number of rotatable bonds is 17. The molecule has 0 aliphatic heterocycles. The fourth-order valence-corrected chi connectivity index (χ4v) is 2.19. The van der Waals surface area contributed by atoms with Gasteiger partial charge in [-0.05, 0) is 51.4 Å². The predicted octanol–water partition coefficient (Wildman–Crippen LogP) is 6.56. The average Bonchev–Trinajstić information content (AvgIpc) is 2.58. The normalized spacial score (nSPS) is 8.47. The van der Waals surface area contributed by atoms with Gasteiger partial charge in [-0.2, -0.15) is 0 Å². The van der Waals surface area contributed by atoms with Gasteiger partial charge in [0.15, 0.2) is 0 Å². The summed E-state index contributed by atoms with van der Waals surface area (Å²) in [5.41, 5.74) is 0. The molecule has 0 unspecified atom stereocenters. The van der Waals surface area contributed by atoms with Gasteiger partial charge in [-0.1, -0.05) is 57.4 Å². The van der Waals surface area contributed by atoms with E-state index in [1.165, 1.54) is 0 Å². The number of esters is 2. The first-order chi connectivity index (χ1) is 11.7. The summed E-state index contributed by atoms with van der Waals surface area (Å²) in [5.74, 6) is -0.328. The third kappa shape index (κ3) is 37.6. The Bertz CT molecular complexity index is 278. The van der Waals surface area contributed by atoms with Crippen molar-refractivity contribution >= 4 is 11.9 Å². The van der Waals surface area contributed by atoms with Gasteiger partial charge < -0.3 is 19.7 Å². The Kier molecular flexibility index (Phi) is 60.1. The van der Waals surface area contributed by atoms with Crippen molar-refractivity contribution in [1.29, 1.82) is 0 Å². The average molecular weight is 443 g/mol. The molecule has 0 heterocycles. The molecule has 0 aromatic rings. The molecule has 0 atom stereocenters. The van der Waals surface area contributed by atoms with Crippen LogP contribution in [0.5, 0.6) is 0 Å². The van der Waals surface area contributed by atoms with E-state index in [0.29, 0.717) is 26.1 Å². The summed E-state index contributed by atoms with van der Waals surface area (Å²) in [6.45, 7) is 1.25. The highest BCUT2D eigenvalue weighted by Crippen LogP contribution is 2.05. The largest absolute Gasteiger partial charge is 0.466 e. The standard InChI is InChI=1S/C18H34O6.6CH4/c19-13-7-3-5-11-17(21)23-15-9-1-2-10-16-24-18(22)12-6-4-8-14-20;;;;;;/h19-20H,1-16H2;6*1H4. The molecule has 30 heavy (non-hydrogen) atoms. The van der Waals surface area contributed by atoms with Crippen molar-refractivity contribution in [3.63, 3.8) is 0 Å². The summed E-state index contributed by atoms with van der Waals surface area (Å²) in [6.07, 6.45) is 9.13. The second kappa shape index (κ2) is 38.5. The minimum atomic E-state index is -0.164.